The summed E-state index contributed by atoms with van der Waals surface area (Å²) in [5.41, 5.74) is 7.54. The van der Waals surface area contributed by atoms with Crippen molar-refractivity contribution >= 4 is 18.1 Å². The summed E-state index contributed by atoms with van der Waals surface area (Å²) in [6, 6.07) is 24.0. The van der Waals surface area contributed by atoms with Gasteiger partial charge in [0.15, 0.2) is 0 Å². The Morgan fingerprint density at radius 1 is 1.05 bits per heavy atom. The van der Waals surface area contributed by atoms with Gasteiger partial charge in [-0.2, -0.15) is 10.5 Å². The number of carboxylic acids is 1. The minimum Gasteiger partial charge on any atom is -0.480 e. The molecule has 1 atom stereocenters. The third-order valence-corrected chi connectivity index (χ3v) is 7.74. The van der Waals surface area contributed by atoms with E-state index < -0.39 is 12.0 Å². The second kappa shape index (κ2) is 15.0. The Bertz CT molecular complexity index is 1450. The van der Waals surface area contributed by atoms with Gasteiger partial charge in [0.25, 0.3) is 0 Å². The van der Waals surface area contributed by atoms with Crippen molar-refractivity contribution in [3.05, 3.63) is 94.0 Å². The van der Waals surface area contributed by atoms with Crippen LogP contribution in [0.25, 0.3) is 23.3 Å². The molecule has 4 rings (SSSR count). The van der Waals surface area contributed by atoms with Crippen LogP contribution in [0.3, 0.4) is 0 Å². The molecule has 1 fully saturated rings. The largest absolute Gasteiger partial charge is 0.480 e. The van der Waals surface area contributed by atoms with E-state index in [1.165, 1.54) is 0 Å². The van der Waals surface area contributed by atoms with Crippen LogP contribution in [0.1, 0.15) is 71.9 Å². The smallest absolute Gasteiger partial charge is 0.320 e. The zero-order chi connectivity index (χ0) is 29.0. The molecule has 0 saturated carbocycles. The number of piperidine rings is 1. The molecule has 0 radical (unpaired) electrons. The van der Waals surface area contributed by atoms with Crippen molar-refractivity contribution in [2.45, 2.75) is 64.6 Å². The highest BCUT2D eigenvalue weighted by Gasteiger charge is 2.29. The molecular formula is C35H37N3O3. The molecule has 6 nitrogen and oxygen atoms in total. The monoisotopic (exact) mass is 547 g/mol. The van der Waals surface area contributed by atoms with Crippen molar-refractivity contribution in [2.24, 2.45) is 0 Å². The minimum absolute atomic E-state index is 0.418. The van der Waals surface area contributed by atoms with E-state index in [9.17, 15) is 15.2 Å². The maximum atomic E-state index is 12.1. The van der Waals surface area contributed by atoms with Crippen molar-refractivity contribution in [2.75, 3.05) is 13.2 Å². The quantitative estimate of drug-likeness (QED) is 0.188. The number of carbonyl (C=O) groups is 1. The first-order chi connectivity index (χ1) is 20.0. The topological polar surface area (TPSA) is 97.3 Å². The SMILES string of the molecule is Cc1ccc(COCCCCC#N)c(CN2CCCC[C@H]2C(=O)O)c1/C=C/c1cccc(-c2ccccc2)c1C#N. The van der Waals surface area contributed by atoms with E-state index in [2.05, 4.69) is 42.2 Å². The second-order valence-electron chi connectivity index (χ2n) is 10.5. The molecule has 0 spiro atoms. The van der Waals surface area contributed by atoms with E-state index >= 15 is 0 Å². The van der Waals surface area contributed by atoms with Crippen molar-refractivity contribution in [1.29, 1.82) is 10.5 Å². The Hall–Kier alpha value is -4.23. The Kier molecular flexibility index (Phi) is 10.9. The van der Waals surface area contributed by atoms with Gasteiger partial charge in [-0.3, -0.25) is 9.69 Å². The summed E-state index contributed by atoms with van der Waals surface area (Å²) < 4.78 is 6.02. The van der Waals surface area contributed by atoms with Crippen LogP contribution < -0.4 is 0 Å². The normalized spacial score (nSPS) is 15.4. The molecule has 41 heavy (non-hydrogen) atoms. The number of hydrogen-bond acceptors (Lipinski definition) is 5. The summed E-state index contributed by atoms with van der Waals surface area (Å²) in [4.78, 5) is 14.2. The number of aryl methyl sites for hydroxylation is 1. The highest BCUT2D eigenvalue weighted by Crippen LogP contribution is 2.30. The van der Waals surface area contributed by atoms with Gasteiger partial charge in [-0.1, -0.05) is 79.2 Å². The predicted octanol–water partition coefficient (Wildman–Crippen LogP) is 7.35. The van der Waals surface area contributed by atoms with E-state index in [-0.39, 0.29) is 0 Å². The summed E-state index contributed by atoms with van der Waals surface area (Å²) >= 11 is 0. The van der Waals surface area contributed by atoms with Crippen molar-refractivity contribution in [3.8, 4) is 23.3 Å². The number of nitrogens with zero attached hydrogens (tertiary/aromatic N) is 3. The fourth-order valence-electron chi connectivity index (χ4n) is 5.50. The molecule has 0 aromatic heterocycles. The van der Waals surface area contributed by atoms with Gasteiger partial charge in [-0.05, 0) is 72.5 Å². The van der Waals surface area contributed by atoms with Crippen LogP contribution in [0, 0.1) is 29.6 Å². The van der Waals surface area contributed by atoms with Crippen LogP contribution >= 0.6 is 0 Å². The molecule has 0 bridgehead atoms. The van der Waals surface area contributed by atoms with E-state index in [0.717, 1.165) is 71.2 Å². The van der Waals surface area contributed by atoms with Crippen LogP contribution in [0.2, 0.25) is 0 Å². The number of rotatable bonds is 12. The fourth-order valence-corrected chi connectivity index (χ4v) is 5.50. The van der Waals surface area contributed by atoms with E-state index in [1.54, 1.807) is 0 Å². The summed E-state index contributed by atoms with van der Waals surface area (Å²) in [5, 5.41) is 28.8. The highest BCUT2D eigenvalue weighted by molar-refractivity contribution is 5.81. The van der Waals surface area contributed by atoms with Gasteiger partial charge in [0.1, 0.15) is 12.1 Å². The summed E-state index contributed by atoms with van der Waals surface area (Å²) in [7, 11) is 0. The lowest BCUT2D eigenvalue weighted by molar-refractivity contribution is -0.144. The van der Waals surface area contributed by atoms with Crippen LogP contribution in [0.4, 0.5) is 0 Å². The molecule has 6 heteroatoms. The zero-order valence-electron chi connectivity index (χ0n) is 23.7. The van der Waals surface area contributed by atoms with Crippen LogP contribution in [0.15, 0.2) is 60.7 Å². The number of ether oxygens (including phenoxy) is 1. The first-order valence-electron chi connectivity index (χ1n) is 14.3. The average Bonchev–Trinajstić information content (AvgIpc) is 3.00. The molecule has 1 heterocycles. The van der Waals surface area contributed by atoms with Gasteiger partial charge in [0.2, 0.25) is 0 Å². The second-order valence-corrected chi connectivity index (χ2v) is 10.5. The maximum Gasteiger partial charge on any atom is 0.320 e. The number of nitriles is 2. The van der Waals surface area contributed by atoms with Crippen LogP contribution in [0.5, 0.6) is 0 Å². The first-order valence-corrected chi connectivity index (χ1v) is 14.3. The third kappa shape index (κ3) is 7.70. The van der Waals surface area contributed by atoms with Gasteiger partial charge in [-0.25, -0.2) is 0 Å². The Morgan fingerprint density at radius 3 is 2.63 bits per heavy atom. The number of likely N-dealkylation sites (tertiary alicyclic amines) is 1. The maximum absolute atomic E-state index is 12.1. The lowest BCUT2D eigenvalue weighted by Gasteiger charge is -2.34. The summed E-state index contributed by atoms with van der Waals surface area (Å²) in [5.74, 6) is -0.777. The Labute approximate surface area is 243 Å². The molecule has 0 amide bonds. The fraction of sp³-hybridized carbons (Fsp3) is 0.343. The van der Waals surface area contributed by atoms with Crippen molar-refractivity contribution < 1.29 is 14.6 Å². The molecule has 0 aliphatic carbocycles. The molecule has 1 aliphatic heterocycles. The van der Waals surface area contributed by atoms with Crippen molar-refractivity contribution in [1.82, 2.24) is 4.90 Å². The molecule has 1 N–H and O–H groups in total. The summed E-state index contributed by atoms with van der Waals surface area (Å²) in [6.07, 6.45) is 8.75. The van der Waals surface area contributed by atoms with Gasteiger partial charge in [0, 0.05) is 25.1 Å². The van der Waals surface area contributed by atoms with Crippen LogP contribution in [-0.4, -0.2) is 35.2 Å². The van der Waals surface area contributed by atoms with E-state index in [4.69, 9.17) is 10.00 Å². The van der Waals surface area contributed by atoms with Gasteiger partial charge in [-0.15, -0.1) is 0 Å². The number of benzene rings is 3. The number of unbranched alkanes of at least 4 members (excludes halogenated alkanes) is 2. The van der Waals surface area contributed by atoms with Crippen molar-refractivity contribution in [3.63, 3.8) is 0 Å². The molecule has 1 aliphatic rings. The molecular weight excluding hydrogens is 510 g/mol. The molecule has 3 aromatic rings. The molecule has 210 valence electrons. The molecule has 0 unspecified atom stereocenters. The van der Waals surface area contributed by atoms with E-state index in [0.29, 0.717) is 38.2 Å². The van der Waals surface area contributed by atoms with Gasteiger partial charge in [0.05, 0.1) is 18.2 Å². The standard InChI is InChI=1S/C35H37N3O3/c1-26-16-17-29(25-41-22-9-3-7-20-36)33(24-38-21-8-6-15-34(38)35(39)40)30(26)19-18-28-13-10-14-31(32(28)23-37)27-11-4-2-5-12-27/h2,4-5,10-14,16-19,34H,3,6-9,15,21-22,24-25H2,1H3,(H,39,40)/b19-18+/t34-/m0/s1. The van der Waals surface area contributed by atoms with Gasteiger partial charge < -0.3 is 9.84 Å². The molecule has 3 aromatic carbocycles. The third-order valence-electron chi connectivity index (χ3n) is 7.74. The Balaban J connectivity index is 1.70. The highest BCUT2D eigenvalue weighted by atomic mass is 16.5. The van der Waals surface area contributed by atoms with E-state index in [1.807, 2.05) is 54.6 Å². The lowest BCUT2D eigenvalue weighted by atomic mass is 9.92. The Morgan fingerprint density at radius 2 is 1.88 bits per heavy atom. The van der Waals surface area contributed by atoms with Gasteiger partial charge >= 0.3 is 5.97 Å². The zero-order valence-corrected chi connectivity index (χ0v) is 23.7. The molecule has 1 saturated heterocycles. The lowest BCUT2D eigenvalue weighted by Crippen LogP contribution is -2.44. The predicted molar refractivity (Wildman–Crippen MR) is 162 cm³/mol. The first kappa shape index (κ1) is 29.7. The average molecular weight is 548 g/mol. The number of hydrogen-bond donors (Lipinski definition) is 1. The number of aliphatic carboxylic acids is 1. The number of carboxylic acid groups (broad SMARTS) is 1. The summed E-state index contributed by atoms with van der Waals surface area (Å²) in [6.45, 7) is 4.30. The minimum atomic E-state index is -0.777. The van der Waals surface area contributed by atoms with Crippen LogP contribution in [-0.2, 0) is 22.7 Å².